The van der Waals surface area contributed by atoms with Crippen LogP contribution in [0.25, 0.3) is 0 Å². The lowest BCUT2D eigenvalue weighted by atomic mass is 10.1. The molecule has 0 amide bonds. The zero-order chi connectivity index (χ0) is 10.6. The Morgan fingerprint density at radius 3 is 3.00 bits per heavy atom. The Morgan fingerprint density at radius 1 is 1.64 bits per heavy atom. The SMILES string of the molecule is CC1CCN(C)C(CCC(=O)O)CN1. The molecule has 1 heterocycles. The molecule has 0 bridgehead atoms. The second-order valence-electron chi connectivity index (χ2n) is 4.16. The van der Waals surface area contributed by atoms with Crippen molar-refractivity contribution in [2.24, 2.45) is 0 Å². The number of carboxylic acids is 1. The van der Waals surface area contributed by atoms with E-state index in [1.165, 1.54) is 0 Å². The summed E-state index contributed by atoms with van der Waals surface area (Å²) in [6.07, 6.45) is 2.15. The van der Waals surface area contributed by atoms with Crippen LogP contribution in [0, 0.1) is 0 Å². The third kappa shape index (κ3) is 3.64. The van der Waals surface area contributed by atoms with Crippen molar-refractivity contribution in [2.75, 3.05) is 20.1 Å². The van der Waals surface area contributed by atoms with Crippen molar-refractivity contribution < 1.29 is 9.90 Å². The summed E-state index contributed by atoms with van der Waals surface area (Å²) < 4.78 is 0. The Morgan fingerprint density at radius 2 is 2.36 bits per heavy atom. The van der Waals surface area contributed by atoms with Gasteiger partial charge in [0.15, 0.2) is 0 Å². The molecule has 1 aliphatic heterocycles. The first-order chi connectivity index (χ1) is 6.59. The van der Waals surface area contributed by atoms with Crippen LogP contribution in [0.5, 0.6) is 0 Å². The molecule has 4 heteroatoms. The minimum Gasteiger partial charge on any atom is -0.481 e. The third-order valence-electron chi connectivity index (χ3n) is 2.93. The van der Waals surface area contributed by atoms with E-state index in [9.17, 15) is 4.79 Å². The van der Waals surface area contributed by atoms with E-state index in [4.69, 9.17) is 5.11 Å². The lowest BCUT2D eigenvalue weighted by Gasteiger charge is -2.24. The molecule has 1 rings (SSSR count). The van der Waals surface area contributed by atoms with Gasteiger partial charge in [0.25, 0.3) is 0 Å². The van der Waals surface area contributed by atoms with Gasteiger partial charge in [0.2, 0.25) is 0 Å². The molecule has 2 atom stereocenters. The molecule has 0 aliphatic carbocycles. The predicted octanol–water partition coefficient (Wildman–Crippen LogP) is 0.533. The molecule has 0 aromatic heterocycles. The number of nitrogens with one attached hydrogen (secondary N) is 1. The maximum Gasteiger partial charge on any atom is 0.303 e. The van der Waals surface area contributed by atoms with Gasteiger partial charge in [-0.3, -0.25) is 4.79 Å². The molecule has 82 valence electrons. The van der Waals surface area contributed by atoms with E-state index < -0.39 is 5.97 Å². The van der Waals surface area contributed by atoms with Gasteiger partial charge in [-0.1, -0.05) is 0 Å². The molecule has 2 N–H and O–H groups in total. The van der Waals surface area contributed by atoms with Crippen molar-refractivity contribution in [3.63, 3.8) is 0 Å². The number of likely N-dealkylation sites (N-methyl/N-ethyl adjacent to an activating group) is 1. The Bertz CT molecular complexity index is 197. The molecule has 2 unspecified atom stereocenters. The molecule has 0 aromatic rings. The Kier molecular flexibility index (Phi) is 4.35. The first-order valence-electron chi connectivity index (χ1n) is 5.25. The van der Waals surface area contributed by atoms with Crippen molar-refractivity contribution >= 4 is 5.97 Å². The number of carbonyl (C=O) groups is 1. The van der Waals surface area contributed by atoms with Crippen LogP contribution in [-0.2, 0) is 4.79 Å². The molecular weight excluding hydrogens is 180 g/mol. The highest BCUT2D eigenvalue weighted by atomic mass is 16.4. The first-order valence-corrected chi connectivity index (χ1v) is 5.25. The lowest BCUT2D eigenvalue weighted by Crippen LogP contribution is -2.38. The molecule has 0 spiro atoms. The molecule has 1 saturated heterocycles. The minimum absolute atomic E-state index is 0.269. The fourth-order valence-electron chi connectivity index (χ4n) is 1.79. The van der Waals surface area contributed by atoms with Crippen LogP contribution in [0.2, 0.25) is 0 Å². The van der Waals surface area contributed by atoms with Gasteiger partial charge in [-0.05, 0) is 33.4 Å². The Hall–Kier alpha value is -0.610. The van der Waals surface area contributed by atoms with Crippen molar-refractivity contribution in [1.82, 2.24) is 10.2 Å². The number of aliphatic carboxylic acids is 1. The summed E-state index contributed by atoms with van der Waals surface area (Å²) in [4.78, 5) is 12.7. The fraction of sp³-hybridized carbons (Fsp3) is 0.900. The monoisotopic (exact) mass is 200 g/mol. The molecule has 1 aliphatic rings. The number of carboxylic acid groups (broad SMARTS) is 1. The van der Waals surface area contributed by atoms with Gasteiger partial charge < -0.3 is 15.3 Å². The number of hydrogen-bond acceptors (Lipinski definition) is 3. The van der Waals surface area contributed by atoms with E-state index in [1.807, 2.05) is 0 Å². The second-order valence-corrected chi connectivity index (χ2v) is 4.16. The Balaban J connectivity index is 2.37. The smallest absolute Gasteiger partial charge is 0.303 e. The average molecular weight is 200 g/mol. The Labute approximate surface area is 85.3 Å². The second kappa shape index (κ2) is 5.32. The van der Waals surface area contributed by atoms with Crippen LogP contribution >= 0.6 is 0 Å². The van der Waals surface area contributed by atoms with Crippen LogP contribution in [0.15, 0.2) is 0 Å². The van der Waals surface area contributed by atoms with Crippen molar-refractivity contribution in [2.45, 2.75) is 38.3 Å². The molecule has 14 heavy (non-hydrogen) atoms. The highest BCUT2D eigenvalue weighted by Crippen LogP contribution is 2.10. The standard InChI is InChI=1S/C10H20N2O2/c1-8-5-6-12(2)9(7-11-8)3-4-10(13)14/h8-9,11H,3-7H2,1-2H3,(H,13,14). The fourth-order valence-corrected chi connectivity index (χ4v) is 1.79. The first kappa shape index (κ1) is 11.5. The molecule has 0 radical (unpaired) electrons. The summed E-state index contributed by atoms with van der Waals surface area (Å²) in [6, 6.07) is 0.920. The normalized spacial score (nSPS) is 29.9. The third-order valence-corrected chi connectivity index (χ3v) is 2.93. The lowest BCUT2D eigenvalue weighted by molar-refractivity contribution is -0.137. The molecule has 4 nitrogen and oxygen atoms in total. The summed E-state index contributed by atoms with van der Waals surface area (Å²) in [7, 11) is 2.08. The predicted molar refractivity (Wildman–Crippen MR) is 55.4 cm³/mol. The number of hydrogen-bond donors (Lipinski definition) is 2. The molecule has 1 fully saturated rings. The summed E-state index contributed by atoms with van der Waals surface area (Å²) in [5.74, 6) is -0.698. The van der Waals surface area contributed by atoms with Gasteiger partial charge in [0, 0.05) is 25.0 Å². The van der Waals surface area contributed by atoms with Crippen LogP contribution in [0.4, 0.5) is 0 Å². The molecular formula is C10H20N2O2. The average Bonchev–Trinajstić information content (AvgIpc) is 2.27. The summed E-state index contributed by atoms with van der Waals surface area (Å²) >= 11 is 0. The van der Waals surface area contributed by atoms with Crippen LogP contribution in [0.1, 0.15) is 26.2 Å². The van der Waals surface area contributed by atoms with Crippen LogP contribution in [0.3, 0.4) is 0 Å². The van der Waals surface area contributed by atoms with Gasteiger partial charge in [0.1, 0.15) is 0 Å². The zero-order valence-corrected chi connectivity index (χ0v) is 8.99. The van der Waals surface area contributed by atoms with Crippen molar-refractivity contribution in [3.05, 3.63) is 0 Å². The maximum absolute atomic E-state index is 10.5. The highest BCUT2D eigenvalue weighted by molar-refractivity contribution is 5.66. The largest absolute Gasteiger partial charge is 0.481 e. The summed E-state index contributed by atoms with van der Waals surface area (Å²) in [5.41, 5.74) is 0. The van der Waals surface area contributed by atoms with E-state index in [-0.39, 0.29) is 6.42 Å². The van der Waals surface area contributed by atoms with E-state index in [0.717, 1.165) is 25.9 Å². The number of rotatable bonds is 3. The van der Waals surface area contributed by atoms with Gasteiger partial charge >= 0.3 is 5.97 Å². The van der Waals surface area contributed by atoms with Gasteiger partial charge in [0.05, 0.1) is 0 Å². The maximum atomic E-state index is 10.5. The zero-order valence-electron chi connectivity index (χ0n) is 8.99. The van der Waals surface area contributed by atoms with E-state index in [1.54, 1.807) is 0 Å². The highest BCUT2D eigenvalue weighted by Gasteiger charge is 2.20. The van der Waals surface area contributed by atoms with Crippen molar-refractivity contribution in [3.8, 4) is 0 Å². The molecule has 0 saturated carbocycles. The van der Waals surface area contributed by atoms with Gasteiger partial charge in [-0.25, -0.2) is 0 Å². The quantitative estimate of drug-likeness (QED) is 0.698. The van der Waals surface area contributed by atoms with E-state index >= 15 is 0 Å². The minimum atomic E-state index is -0.698. The molecule has 0 aromatic carbocycles. The number of nitrogens with zero attached hydrogens (tertiary/aromatic N) is 1. The van der Waals surface area contributed by atoms with Crippen molar-refractivity contribution in [1.29, 1.82) is 0 Å². The summed E-state index contributed by atoms with van der Waals surface area (Å²) in [6.45, 7) is 4.14. The topological polar surface area (TPSA) is 52.6 Å². The summed E-state index contributed by atoms with van der Waals surface area (Å²) in [5, 5.41) is 12.0. The van der Waals surface area contributed by atoms with Crippen LogP contribution in [-0.4, -0.2) is 48.2 Å². The van der Waals surface area contributed by atoms with Gasteiger partial charge in [-0.15, -0.1) is 0 Å². The van der Waals surface area contributed by atoms with Gasteiger partial charge in [-0.2, -0.15) is 0 Å². The van der Waals surface area contributed by atoms with E-state index in [2.05, 4.69) is 24.2 Å². The van der Waals surface area contributed by atoms with Crippen LogP contribution < -0.4 is 5.32 Å². The van der Waals surface area contributed by atoms with E-state index in [0.29, 0.717) is 12.1 Å².